The molecule has 5 nitrogen and oxygen atoms in total. The van der Waals surface area contributed by atoms with Gasteiger partial charge >= 0.3 is 11.8 Å². The summed E-state index contributed by atoms with van der Waals surface area (Å²) in [6, 6.07) is 5.13. The van der Waals surface area contributed by atoms with Crippen molar-refractivity contribution in [2.75, 3.05) is 31.5 Å². The van der Waals surface area contributed by atoms with Gasteiger partial charge in [0.05, 0.1) is 26.2 Å². The lowest BCUT2D eigenvalue weighted by Gasteiger charge is -2.15. The monoisotopic (exact) mass is 312 g/mol. The van der Waals surface area contributed by atoms with E-state index in [1.54, 1.807) is 18.2 Å². The van der Waals surface area contributed by atoms with Gasteiger partial charge in [-0.3, -0.25) is 9.59 Å². The van der Waals surface area contributed by atoms with Crippen LogP contribution in [0.2, 0.25) is 5.02 Å². The van der Waals surface area contributed by atoms with Gasteiger partial charge in [0.2, 0.25) is 0 Å². The maximum absolute atomic E-state index is 11.8. The molecule has 0 unspecified atom stereocenters. The lowest BCUT2D eigenvalue weighted by molar-refractivity contribution is -0.895. The minimum atomic E-state index is -0.676. The van der Waals surface area contributed by atoms with Crippen LogP contribution in [-0.4, -0.2) is 38.0 Å². The van der Waals surface area contributed by atoms with Crippen molar-refractivity contribution < 1.29 is 14.5 Å². The topological polar surface area (TPSA) is 62.6 Å². The molecular formula is C15H23ClN3O2+. The van der Waals surface area contributed by atoms with Crippen molar-refractivity contribution in [1.82, 2.24) is 5.32 Å². The molecule has 3 N–H and O–H groups in total. The summed E-state index contributed by atoms with van der Waals surface area (Å²) in [5.41, 5.74) is 1.43. The van der Waals surface area contributed by atoms with Gasteiger partial charge in [0.25, 0.3) is 0 Å². The number of benzene rings is 1. The lowest BCUT2D eigenvalue weighted by Crippen LogP contribution is -3.12. The summed E-state index contributed by atoms with van der Waals surface area (Å²) in [6.45, 7) is 9.35. The van der Waals surface area contributed by atoms with E-state index in [-0.39, 0.29) is 0 Å². The summed E-state index contributed by atoms with van der Waals surface area (Å²) in [5, 5.41) is 5.71. The highest BCUT2D eigenvalue weighted by Crippen LogP contribution is 2.19. The zero-order valence-corrected chi connectivity index (χ0v) is 13.5. The number of aryl methyl sites for hydroxylation is 1. The molecule has 0 aliphatic carbocycles. The maximum Gasteiger partial charge on any atom is 0.313 e. The number of amides is 2. The second-order valence-corrected chi connectivity index (χ2v) is 5.29. The molecule has 2 amide bonds. The Morgan fingerprint density at radius 3 is 2.43 bits per heavy atom. The van der Waals surface area contributed by atoms with Crippen LogP contribution < -0.4 is 15.5 Å². The van der Waals surface area contributed by atoms with Crippen molar-refractivity contribution in [3.8, 4) is 0 Å². The number of hydrogen-bond donors (Lipinski definition) is 3. The van der Waals surface area contributed by atoms with Gasteiger partial charge in [-0.15, -0.1) is 0 Å². The van der Waals surface area contributed by atoms with Gasteiger partial charge < -0.3 is 15.5 Å². The van der Waals surface area contributed by atoms with Crippen LogP contribution in [0.15, 0.2) is 18.2 Å². The van der Waals surface area contributed by atoms with Gasteiger partial charge in [0, 0.05) is 10.7 Å². The zero-order chi connectivity index (χ0) is 15.8. The second-order valence-electron chi connectivity index (χ2n) is 4.88. The van der Waals surface area contributed by atoms with E-state index in [0.29, 0.717) is 17.3 Å². The summed E-state index contributed by atoms with van der Waals surface area (Å²) in [7, 11) is 0. The summed E-state index contributed by atoms with van der Waals surface area (Å²) >= 11 is 5.97. The van der Waals surface area contributed by atoms with E-state index in [0.717, 1.165) is 25.2 Å². The van der Waals surface area contributed by atoms with Crippen LogP contribution in [0.4, 0.5) is 5.69 Å². The molecule has 0 saturated heterocycles. The predicted octanol–water partition coefficient (Wildman–Crippen LogP) is 0.628. The molecule has 0 aliphatic rings. The van der Waals surface area contributed by atoms with E-state index in [1.165, 1.54) is 4.90 Å². The first kappa shape index (κ1) is 17.5. The lowest BCUT2D eigenvalue weighted by atomic mass is 10.2. The molecule has 0 atom stereocenters. The van der Waals surface area contributed by atoms with Crippen LogP contribution >= 0.6 is 11.6 Å². The average molecular weight is 313 g/mol. The molecule has 0 aliphatic heterocycles. The van der Waals surface area contributed by atoms with E-state index in [2.05, 4.69) is 24.5 Å². The van der Waals surface area contributed by atoms with Crippen LogP contribution in [-0.2, 0) is 9.59 Å². The third-order valence-corrected chi connectivity index (χ3v) is 3.81. The standard InChI is InChI=1S/C15H22ClN3O2/c1-4-19(5-2)9-8-17-14(20)15(21)18-12-7-6-11(3)13(16)10-12/h6-7,10H,4-5,8-9H2,1-3H3,(H,17,20)(H,18,21)/p+1. The molecule has 0 aromatic heterocycles. The van der Waals surface area contributed by atoms with E-state index in [1.807, 2.05) is 6.92 Å². The van der Waals surface area contributed by atoms with Crippen LogP contribution in [0, 0.1) is 6.92 Å². The Hall–Kier alpha value is -1.59. The highest BCUT2D eigenvalue weighted by atomic mass is 35.5. The smallest absolute Gasteiger partial charge is 0.313 e. The normalized spacial score (nSPS) is 10.5. The maximum atomic E-state index is 11.8. The number of carbonyl (C=O) groups is 2. The van der Waals surface area contributed by atoms with E-state index in [9.17, 15) is 9.59 Å². The zero-order valence-electron chi connectivity index (χ0n) is 12.8. The van der Waals surface area contributed by atoms with Crippen molar-refractivity contribution in [1.29, 1.82) is 0 Å². The molecule has 0 radical (unpaired) electrons. The molecule has 0 spiro atoms. The molecular weight excluding hydrogens is 290 g/mol. The number of carbonyl (C=O) groups excluding carboxylic acids is 2. The fourth-order valence-electron chi connectivity index (χ4n) is 1.90. The van der Waals surface area contributed by atoms with Gasteiger partial charge in [-0.1, -0.05) is 17.7 Å². The minimum absolute atomic E-state index is 0.484. The molecule has 0 fully saturated rings. The Morgan fingerprint density at radius 1 is 1.19 bits per heavy atom. The Labute approximate surface area is 130 Å². The van der Waals surface area contributed by atoms with E-state index < -0.39 is 11.8 Å². The Morgan fingerprint density at radius 2 is 1.86 bits per heavy atom. The first-order valence-corrected chi connectivity index (χ1v) is 7.54. The molecule has 1 aromatic rings. The summed E-state index contributed by atoms with van der Waals surface area (Å²) in [6.07, 6.45) is 0. The van der Waals surface area contributed by atoms with Gasteiger partial charge in [0.1, 0.15) is 0 Å². The van der Waals surface area contributed by atoms with E-state index >= 15 is 0 Å². The predicted molar refractivity (Wildman–Crippen MR) is 84.7 cm³/mol. The van der Waals surface area contributed by atoms with Gasteiger partial charge in [-0.2, -0.15) is 0 Å². The second kappa shape index (κ2) is 8.64. The van der Waals surface area contributed by atoms with Gasteiger partial charge in [0.15, 0.2) is 0 Å². The number of halogens is 1. The number of hydrogen-bond acceptors (Lipinski definition) is 2. The fraction of sp³-hybridized carbons (Fsp3) is 0.467. The molecule has 0 heterocycles. The van der Waals surface area contributed by atoms with Crippen LogP contribution in [0.3, 0.4) is 0 Å². The quantitative estimate of drug-likeness (QED) is 0.675. The highest BCUT2D eigenvalue weighted by molar-refractivity contribution is 6.39. The molecule has 1 rings (SSSR count). The summed E-state index contributed by atoms with van der Waals surface area (Å²) in [5.74, 6) is -1.30. The Balaban J connectivity index is 2.44. The Bertz CT molecular complexity index is 502. The highest BCUT2D eigenvalue weighted by Gasteiger charge is 2.14. The minimum Gasteiger partial charge on any atom is -0.342 e. The number of rotatable bonds is 6. The molecule has 21 heavy (non-hydrogen) atoms. The SMILES string of the molecule is CC[NH+](CC)CCNC(=O)C(=O)Nc1ccc(C)c(Cl)c1. The average Bonchev–Trinajstić information content (AvgIpc) is 2.47. The third kappa shape index (κ3) is 5.73. The van der Waals surface area contributed by atoms with Crippen molar-refractivity contribution in [2.24, 2.45) is 0 Å². The first-order valence-electron chi connectivity index (χ1n) is 7.16. The van der Waals surface area contributed by atoms with Crippen molar-refractivity contribution in [3.05, 3.63) is 28.8 Å². The molecule has 0 bridgehead atoms. The van der Waals surface area contributed by atoms with Gasteiger partial charge in [-0.05, 0) is 38.5 Å². The summed E-state index contributed by atoms with van der Waals surface area (Å²) in [4.78, 5) is 24.8. The number of anilines is 1. The summed E-state index contributed by atoms with van der Waals surface area (Å²) < 4.78 is 0. The first-order chi connectivity index (χ1) is 9.97. The largest absolute Gasteiger partial charge is 0.342 e. The van der Waals surface area contributed by atoms with Crippen molar-refractivity contribution >= 4 is 29.1 Å². The molecule has 116 valence electrons. The van der Waals surface area contributed by atoms with Crippen molar-refractivity contribution in [3.63, 3.8) is 0 Å². The third-order valence-electron chi connectivity index (χ3n) is 3.40. The van der Waals surface area contributed by atoms with Crippen molar-refractivity contribution in [2.45, 2.75) is 20.8 Å². The fourth-order valence-corrected chi connectivity index (χ4v) is 2.08. The Kier molecular flexibility index (Phi) is 7.19. The molecule has 0 saturated carbocycles. The molecule has 6 heteroatoms. The van der Waals surface area contributed by atoms with Crippen LogP contribution in [0.25, 0.3) is 0 Å². The number of nitrogens with one attached hydrogen (secondary N) is 3. The van der Waals surface area contributed by atoms with Crippen LogP contribution in [0.5, 0.6) is 0 Å². The van der Waals surface area contributed by atoms with E-state index in [4.69, 9.17) is 11.6 Å². The number of quaternary nitrogens is 1. The molecule has 1 aromatic carbocycles. The van der Waals surface area contributed by atoms with Crippen LogP contribution in [0.1, 0.15) is 19.4 Å². The van der Waals surface area contributed by atoms with Gasteiger partial charge in [-0.25, -0.2) is 0 Å². The number of likely N-dealkylation sites (N-methyl/N-ethyl adjacent to an activating group) is 1.